The lowest BCUT2D eigenvalue weighted by Crippen LogP contribution is -2.68. The standard InChI is InChI=1S/C26H27ClN8O11S2/c1-9-6-34(24(45)35(9)31-17(38)10-4-5-12(36)16(37)13(10)27)26(22(43)44)8-33-19(40)15(20(33)48-26)30-18(39)14(11-7-47-23(28)29-11)32-46-25(2,3)21(41)42/h4-5,7,9,15,20,36-37H,6,8H2,1-3H3,(H2,28,29)(H,30,39)(H,31,38)(H,41,42)(H,43,44)/b32-14-/t9?,15?,20-,26-/m1/s1. The number of aromatic nitrogens is 1. The van der Waals surface area contributed by atoms with Gasteiger partial charge in [0.1, 0.15) is 17.1 Å². The zero-order chi connectivity index (χ0) is 35.5. The van der Waals surface area contributed by atoms with E-state index < -0.39 is 92.4 Å². The number of carboxylic acids is 2. The Hall–Kier alpha value is -5.02. The normalized spacial score (nSPS) is 23.9. The number of thioether (sulfide) groups is 1. The number of oxime groups is 1. The van der Waals surface area contributed by atoms with E-state index in [4.69, 9.17) is 22.2 Å². The van der Waals surface area contributed by atoms with Crippen LogP contribution in [0.5, 0.6) is 11.5 Å². The lowest BCUT2D eigenvalue weighted by atomic mass is 10.1. The lowest BCUT2D eigenvalue weighted by Gasteiger charge is -2.41. The second-order valence-corrected chi connectivity index (χ2v) is 13.9. The molecule has 22 heteroatoms. The molecule has 2 unspecified atom stereocenters. The third-order valence-corrected chi connectivity index (χ3v) is 10.4. The van der Waals surface area contributed by atoms with Crippen LogP contribution in [0.4, 0.5) is 9.93 Å². The predicted octanol–water partition coefficient (Wildman–Crippen LogP) is 0.0257. The molecular weight excluding hydrogens is 700 g/mol. The monoisotopic (exact) mass is 726 g/mol. The number of aliphatic carboxylic acids is 2. The third-order valence-electron chi connectivity index (χ3n) is 7.64. The summed E-state index contributed by atoms with van der Waals surface area (Å²) in [5, 5.41) is 46.3. The van der Waals surface area contributed by atoms with Gasteiger partial charge in [0.25, 0.3) is 11.8 Å². The fraction of sp³-hybridized carbons (Fsp3) is 0.385. The largest absolute Gasteiger partial charge is 0.504 e. The number of nitrogen functional groups attached to an aromatic ring is 1. The number of benzene rings is 1. The second-order valence-electron chi connectivity index (χ2n) is 11.3. The molecule has 8 N–H and O–H groups in total. The van der Waals surface area contributed by atoms with E-state index in [0.29, 0.717) is 0 Å². The van der Waals surface area contributed by atoms with Gasteiger partial charge in [-0.3, -0.25) is 24.7 Å². The maximum atomic E-state index is 13.6. The number of hydrogen-bond acceptors (Lipinski definition) is 14. The van der Waals surface area contributed by atoms with Gasteiger partial charge in [0.05, 0.1) is 23.2 Å². The summed E-state index contributed by atoms with van der Waals surface area (Å²) in [5.74, 6) is -6.77. The quantitative estimate of drug-likeness (QED) is 0.0736. The highest BCUT2D eigenvalue weighted by molar-refractivity contribution is 8.02. The summed E-state index contributed by atoms with van der Waals surface area (Å²) in [7, 11) is 0. The van der Waals surface area contributed by atoms with Gasteiger partial charge in [-0.1, -0.05) is 28.5 Å². The summed E-state index contributed by atoms with van der Waals surface area (Å²) in [4.78, 5) is 86.5. The van der Waals surface area contributed by atoms with E-state index in [2.05, 4.69) is 20.9 Å². The third kappa shape index (κ3) is 5.72. The van der Waals surface area contributed by atoms with Crippen molar-refractivity contribution in [3.05, 3.63) is 33.8 Å². The van der Waals surface area contributed by atoms with Crippen molar-refractivity contribution in [3.8, 4) is 11.5 Å². The Morgan fingerprint density at radius 2 is 1.90 bits per heavy atom. The number of urea groups is 1. The number of thiazole rings is 1. The molecule has 5 rings (SSSR count). The molecule has 3 fully saturated rings. The van der Waals surface area contributed by atoms with Crippen molar-refractivity contribution >= 4 is 81.2 Å². The van der Waals surface area contributed by atoms with Crippen LogP contribution in [-0.2, 0) is 24.0 Å². The van der Waals surface area contributed by atoms with Gasteiger partial charge in [0, 0.05) is 11.9 Å². The molecule has 256 valence electrons. The van der Waals surface area contributed by atoms with Crippen molar-refractivity contribution < 1.29 is 54.0 Å². The summed E-state index contributed by atoms with van der Waals surface area (Å²) in [6.45, 7) is 3.26. The number of anilines is 1. The van der Waals surface area contributed by atoms with E-state index in [1.165, 1.54) is 31.1 Å². The minimum absolute atomic E-state index is 0.0607. The molecule has 0 saturated carbocycles. The molecule has 0 radical (unpaired) electrons. The molecule has 3 aliphatic heterocycles. The summed E-state index contributed by atoms with van der Waals surface area (Å²) < 4.78 is 0. The molecule has 4 atom stereocenters. The average Bonchev–Trinajstić information content (AvgIpc) is 3.69. The summed E-state index contributed by atoms with van der Waals surface area (Å²) in [5.41, 5.74) is 5.35. The van der Waals surface area contributed by atoms with Gasteiger partial charge in [-0.25, -0.2) is 24.4 Å². The van der Waals surface area contributed by atoms with E-state index in [-0.39, 0.29) is 22.9 Å². The summed E-state index contributed by atoms with van der Waals surface area (Å²) in [6.07, 6.45) is 0. The van der Waals surface area contributed by atoms with Gasteiger partial charge in [-0.15, -0.1) is 11.3 Å². The van der Waals surface area contributed by atoms with Crippen LogP contribution in [0.15, 0.2) is 22.7 Å². The Kier molecular flexibility index (Phi) is 8.73. The fourth-order valence-electron chi connectivity index (χ4n) is 4.92. The maximum Gasteiger partial charge on any atom is 0.350 e. The minimum Gasteiger partial charge on any atom is -0.504 e. The number of rotatable bonds is 10. The van der Waals surface area contributed by atoms with Crippen LogP contribution in [0, 0.1) is 0 Å². The van der Waals surface area contributed by atoms with Crippen molar-refractivity contribution in [3.63, 3.8) is 0 Å². The zero-order valence-corrected chi connectivity index (χ0v) is 27.4. The van der Waals surface area contributed by atoms with Crippen LogP contribution in [0.1, 0.15) is 36.8 Å². The molecule has 1 aromatic carbocycles. The predicted molar refractivity (Wildman–Crippen MR) is 167 cm³/mol. The van der Waals surface area contributed by atoms with E-state index in [9.17, 15) is 49.2 Å². The Morgan fingerprint density at radius 1 is 1.21 bits per heavy atom. The first-order valence-corrected chi connectivity index (χ1v) is 15.9. The highest BCUT2D eigenvalue weighted by Crippen LogP contribution is 2.50. The smallest absolute Gasteiger partial charge is 0.350 e. The number of hydrazine groups is 1. The van der Waals surface area contributed by atoms with Crippen molar-refractivity contribution in [1.29, 1.82) is 0 Å². The van der Waals surface area contributed by atoms with Crippen LogP contribution in [0.3, 0.4) is 0 Å². The number of carboxylic acid groups (broad SMARTS) is 2. The molecule has 5 amide bonds. The number of phenols is 2. The highest BCUT2D eigenvalue weighted by Gasteiger charge is 2.67. The maximum absolute atomic E-state index is 13.6. The van der Waals surface area contributed by atoms with Crippen molar-refractivity contribution in [1.82, 2.24) is 30.5 Å². The van der Waals surface area contributed by atoms with Gasteiger partial charge in [-0.05, 0) is 32.9 Å². The molecule has 4 heterocycles. The van der Waals surface area contributed by atoms with Gasteiger partial charge >= 0.3 is 18.0 Å². The first kappa shape index (κ1) is 34.3. The van der Waals surface area contributed by atoms with Crippen LogP contribution < -0.4 is 16.5 Å². The number of amides is 5. The summed E-state index contributed by atoms with van der Waals surface area (Å²) >= 11 is 7.66. The van der Waals surface area contributed by atoms with E-state index in [1.54, 1.807) is 0 Å². The summed E-state index contributed by atoms with van der Waals surface area (Å²) in [6, 6.07) is -0.845. The van der Waals surface area contributed by atoms with E-state index in [1.807, 2.05) is 0 Å². The number of nitrogens with zero attached hydrogens (tertiary/aromatic N) is 5. The SMILES string of the molecule is CC1CN([C@]2(C(=O)O)CN3C(=O)C(NC(=O)/C(=N\OC(C)(C)C(=O)O)c4csc(N)n4)[C@H]3S2)C(=O)N1NC(=O)c1ccc(O)c(O)c1Cl. The Bertz CT molecular complexity index is 1790. The number of halogens is 1. The first-order chi connectivity index (χ1) is 22.4. The van der Waals surface area contributed by atoms with Crippen LogP contribution >= 0.6 is 34.7 Å². The van der Waals surface area contributed by atoms with Crippen molar-refractivity contribution in [2.45, 2.75) is 48.7 Å². The number of nitrogens with two attached hydrogens (primary N) is 1. The van der Waals surface area contributed by atoms with Gasteiger partial charge in [0.2, 0.25) is 16.4 Å². The van der Waals surface area contributed by atoms with Gasteiger partial charge in [0.15, 0.2) is 22.3 Å². The molecule has 0 spiro atoms. The fourth-order valence-corrected chi connectivity index (χ4v) is 7.33. The molecule has 3 saturated heterocycles. The lowest BCUT2D eigenvalue weighted by molar-refractivity contribution is -0.161. The second kappa shape index (κ2) is 12.2. The topological polar surface area (TPSA) is 278 Å². The zero-order valence-electron chi connectivity index (χ0n) is 25.0. The molecule has 19 nitrogen and oxygen atoms in total. The van der Waals surface area contributed by atoms with Crippen LogP contribution in [0.25, 0.3) is 0 Å². The van der Waals surface area contributed by atoms with E-state index >= 15 is 0 Å². The Balaban J connectivity index is 1.34. The van der Waals surface area contributed by atoms with Gasteiger partial charge in [-0.2, -0.15) is 0 Å². The Morgan fingerprint density at radius 3 is 2.50 bits per heavy atom. The van der Waals surface area contributed by atoms with Crippen molar-refractivity contribution in [2.24, 2.45) is 5.16 Å². The number of β-lactam (4-membered cyclic amide) rings is 1. The molecular formula is C26H27ClN8O11S2. The van der Waals surface area contributed by atoms with Gasteiger partial charge < -0.3 is 41.2 Å². The number of fused-ring (bicyclic) bond motifs is 1. The molecule has 2 aromatic rings. The van der Waals surface area contributed by atoms with E-state index in [0.717, 1.165) is 45.1 Å². The number of carbonyl (C=O) groups excluding carboxylic acids is 4. The van der Waals surface area contributed by atoms with Crippen LogP contribution in [-0.4, -0.2) is 123 Å². The molecule has 0 bridgehead atoms. The van der Waals surface area contributed by atoms with Crippen molar-refractivity contribution in [2.75, 3.05) is 18.8 Å². The molecule has 1 aromatic heterocycles. The number of aromatic hydroxyl groups is 2. The Labute approximate surface area is 283 Å². The average molecular weight is 727 g/mol. The minimum atomic E-state index is -2.03. The number of carbonyl (C=O) groups is 6. The van der Waals surface area contributed by atoms with Crippen LogP contribution in [0.2, 0.25) is 5.02 Å². The number of hydrogen-bond donors (Lipinski definition) is 7. The number of phenolic OH excluding ortho intramolecular Hbond substituents is 2. The number of nitrogens with one attached hydrogen (secondary N) is 2. The molecule has 48 heavy (non-hydrogen) atoms. The molecule has 0 aliphatic carbocycles. The highest BCUT2D eigenvalue weighted by atomic mass is 35.5. The first-order valence-electron chi connectivity index (χ1n) is 13.8. The molecule has 3 aliphatic rings.